The van der Waals surface area contributed by atoms with E-state index in [1.807, 2.05) is 12.3 Å². The lowest BCUT2D eigenvalue weighted by atomic mass is 9.86. The summed E-state index contributed by atoms with van der Waals surface area (Å²) >= 11 is 3.63. The van der Waals surface area contributed by atoms with Gasteiger partial charge in [-0.1, -0.05) is 30.3 Å². The number of benzene rings is 1. The van der Waals surface area contributed by atoms with Gasteiger partial charge >= 0.3 is 0 Å². The molecular formula is C26H27BrN4O3S. The maximum atomic E-state index is 12.0. The molecule has 0 unspecified atom stereocenters. The highest BCUT2D eigenvalue weighted by Gasteiger charge is 2.31. The highest BCUT2D eigenvalue weighted by molar-refractivity contribution is 9.10. The number of pyridine rings is 2. The molecule has 6 rings (SSSR count). The summed E-state index contributed by atoms with van der Waals surface area (Å²) in [5.41, 5.74) is 4.10. The third-order valence-electron chi connectivity index (χ3n) is 7.24. The molecule has 0 aliphatic carbocycles. The van der Waals surface area contributed by atoms with Crippen LogP contribution >= 0.6 is 15.9 Å². The highest BCUT2D eigenvalue weighted by atomic mass is 79.9. The SMILES string of the molecule is O=S1(=O)CCN(c2ccc3c4ncc(Br)cc4n([C@H](c4ccccc4)C4CCOCC4)c3n2)CC1. The summed E-state index contributed by atoms with van der Waals surface area (Å²) in [6.45, 7) is 2.45. The quantitative estimate of drug-likeness (QED) is 0.367. The van der Waals surface area contributed by atoms with Gasteiger partial charge in [-0.15, -0.1) is 0 Å². The van der Waals surface area contributed by atoms with Gasteiger partial charge in [-0.2, -0.15) is 0 Å². The summed E-state index contributed by atoms with van der Waals surface area (Å²) in [5, 5.41) is 1.01. The van der Waals surface area contributed by atoms with E-state index in [1.54, 1.807) is 0 Å². The molecule has 0 saturated carbocycles. The number of hydrogen-bond donors (Lipinski definition) is 0. The molecule has 0 amide bonds. The topological polar surface area (TPSA) is 77.3 Å². The predicted molar refractivity (Wildman–Crippen MR) is 142 cm³/mol. The molecule has 3 aromatic heterocycles. The van der Waals surface area contributed by atoms with Crippen LogP contribution in [0.25, 0.3) is 22.1 Å². The molecule has 0 radical (unpaired) electrons. The van der Waals surface area contributed by atoms with Crippen LogP contribution in [0.2, 0.25) is 0 Å². The molecule has 1 aromatic carbocycles. The lowest BCUT2D eigenvalue weighted by Crippen LogP contribution is -2.40. The van der Waals surface area contributed by atoms with E-state index in [9.17, 15) is 8.42 Å². The minimum absolute atomic E-state index is 0.0840. The van der Waals surface area contributed by atoms with Crippen LogP contribution in [0.5, 0.6) is 0 Å². The van der Waals surface area contributed by atoms with Crippen LogP contribution in [0.4, 0.5) is 5.82 Å². The first-order valence-electron chi connectivity index (χ1n) is 12.0. The van der Waals surface area contributed by atoms with Gasteiger partial charge in [-0.3, -0.25) is 4.98 Å². The fourth-order valence-corrected chi connectivity index (χ4v) is 6.97. The van der Waals surface area contributed by atoms with Crippen LogP contribution in [-0.4, -0.2) is 60.8 Å². The number of sulfone groups is 1. The van der Waals surface area contributed by atoms with Crippen LogP contribution in [0.3, 0.4) is 0 Å². The van der Waals surface area contributed by atoms with Crippen molar-refractivity contribution in [2.75, 3.05) is 42.7 Å². The molecule has 0 bridgehead atoms. The number of ether oxygens (including phenoxy) is 1. The second-order valence-corrected chi connectivity index (χ2v) is 12.6. The summed E-state index contributed by atoms with van der Waals surface area (Å²) in [4.78, 5) is 12.0. The van der Waals surface area contributed by atoms with E-state index in [-0.39, 0.29) is 17.5 Å². The third-order valence-corrected chi connectivity index (χ3v) is 9.28. The maximum absolute atomic E-state index is 12.0. The van der Waals surface area contributed by atoms with E-state index in [0.717, 1.165) is 58.4 Å². The minimum Gasteiger partial charge on any atom is -0.381 e. The van der Waals surface area contributed by atoms with E-state index < -0.39 is 9.84 Å². The van der Waals surface area contributed by atoms with Crippen LogP contribution in [0.1, 0.15) is 24.4 Å². The number of anilines is 1. The van der Waals surface area contributed by atoms with Crippen molar-refractivity contribution >= 4 is 53.7 Å². The Hall–Kier alpha value is -2.49. The molecule has 2 aliphatic rings. The van der Waals surface area contributed by atoms with Crippen molar-refractivity contribution in [2.45, 2.75) is 18.9 Å². The summed E-state index contributed by atoms with van der Waals surface area (Å²) in [6.07, 6.45) is 3.79. The fourth-order valence-electron chi connectivity index (χ4n) is 5.45. The van der Waals surface area contributed by atoms with E-state index in [2.05, 4.69) is 67.9 Å². The van der Waals surface area contributed by atoms with Gasteiger partial charge in [-0.05, 0) is 58.5 Å². The molecule has 9 heteroatoms. The van der Waals surface area contributed by atoms with E-state index >= 15 is 0 Å². The summed E-state index contributed by atoms with van der Waals surface area (Å²) < 4.78 is 33.0. The van der Waals surface area contributed by atoms with Crippen LogP contribution in [0, 0.1) is 5.92 Å². The predicted octanol–water partition coefficient (Wildman–Crippen LogP) is 4.60. The first-order valence-corrected chi connectivity index (χ1v) is 14.7. The second-order valence-electron chi connectivity index (χ2n) is 9.38. The first kappa shape index (κ1) is 22.9. The second kappa shape index (κ2) is 9.19. The summed E-state index contributed by atoms with van der Waals surface area (Å²) in [5.74, 6) is 1.54. The molecule has 35 heavy (non-hydrogen) atoms. The number of nitrogens with zero attached hydrogens (tertiary/aromatic N) is 4. The standard InChI is InChI=1S/C26H27BrN4O3S/c27-20-16-22-24(28-17-20)21-6-7-23(30-10-14-35(32,33)15-11-30)29-26(21)31(22)25(18-4-2-1-3-5-18)19-8-12-34-13-9-19/h1-7,16-17,19,25H,8-15H2/t25-/m1/s1. The summed E-state index contributed by atoms with van der Waals surface area (Å²) in [7, 11) is -2.97. The lowest BCUT2D eigenvalue weighted by Gasteiger charge is -2.33. The van der Waals surface area contributed by atoms with Gasteiger partial charge in [0.25, 0.3) is 0 Å². The number of aromatic nitrogens is 3. The van der Waals surface area contributed by atoms with Crippen molar-refractivity contribution in [3.63, 3.8) is 0 Å². The number of hydrogen-bond acceptors (Lipinski definition) is 6. The van der Waals surface area contributed by atoms with Gasteiger partial charge in [-0.25, -0.2) is 13.4 Å². The van der Waals surface area contributed by atoms with Gasteiger partial charge in [0.1, 0.15) is 11.5 Å². The molecular weight excluding hydrogens is 528 g/mol. The Morgan fingerprint density at radius 2 is 1.77 bits per heavy atom. The van der Waals surface area contributed by atoms with Gasteiger partial charge in [0.2, 0.25) is 0 Å². The summed E-state index contributed by atoms with van der Waals surface area (Å²) in [6, 6.07) is 16.9. The van der Waals surface area contributed by atoms with Crippen LogP contribution in [0.15, 0.2) is 59.2 Å². The van der Waals surface area contributed by atoms with Crippen LogP contribution < -0.4 is 4.90 Å². The van der Waals surface area contributed by atoms with Crippen molar-refractivity contribution in [3.05, 3.63) is 64.8 Å². The molecule has 2 saturated heterocycles. The fraction of sp³-hybridized carbons (Fsp3) is 0.385. The van der Waals surface area contributed by atoms with Crippen molar-refractivity contribution in [2.24, 2.45) is 5.92 Å². The van der Waals surface area contributed by atoms with Gasteiger partial charge in [0.05, 0.1) is 28.6 Å². The Kier molecular flexibility index (Phi) is 6.02. The maximum Gasteiger partial charge on any atom is 0.153 e. The number of fused-ring (bicyclic) bond motifs is 3. The molecule has 7 nitrogen and oxygen atoms in total. The van der Waals surface area contributed by atoms with Crippen LogP contribution in [-0.2, 0) is 14.6 Å². The smallest absolute Gasteiger partial charge is 0.153 e. The van der Waals surface area contributed by atoms with Crippen molar-refractivity contribution in [3.8, 4) is 0 Å². The molecule has 2 fully saturated rings. The van der Waals surface area contributed by atoms with Gasteiger partial charge in [0, 0.05) is 42.4 Å². The van der Waals surface area contributed by atoms with E-state index in [1.165, 1.54) is 5.56 Å². The Balaban J connectivity index is 1.57. The zero-order chi connectivity index (χ0) is 24.0. The third kappa shape index (κ3) is 4.34. The average Bonchev–Trinajstić information content (AvgIpc) is 3.18. The lowest BCUT2D eigenvalue weighted by molar-refractivity contribution is 0.0552. The Morgan fingerprint density at radius 1 is 1.03 bits per heavy atom. The highest BCUT2D eigenvalue weighted by Crippen LogP contribution is 2.40. The van der Waals surface area contributed by atoms with Gasteiger partial charge in [0.15, 0.2) is 9.84 Å². The zero-order valence-electron chi connectivity index (χ0n) is 19.3. The van der Waals surface area contributed by atoms with Crippen molar-refractivity contribution in [1.29, 1.82) is 0 Å². The molecule has 2 aliphatic heterocycles. The normalized spacial score (nSPS) is 19.9. The molecule has 1 atom stereocenters. The molecule has 5 heterocycles. The number of rotatable bonds is 4. The average molecular weight is 555 g/mol. The van der Waals surface area contributed by atoms with Crippen molar-refractivity contribution < 1.29 is 13.2 Å². The molecule has 4 aromatic rings. The minimum atomic E-state index is -2.97. The number of halogens is 1. The monoisotopic (exact) mass is 554 g/mol. The Bertz CT molecular complexity index is 1470. The first-order chi connectivity index (χ1) is 17.0. The van der Waals surface area contributed by atoms with E-state index in [0.29, 0.717) is 19.0 Å². The molecule has 182 valence electrons. The molecule has 0 spiro atoms. The van der Waals surface area contributed by atoms with Gasteiger partial charge < -0.3 is 14.2 Å². The zero-order valence-corrected chi connectivity index (χ0v) is 21.7. The van der Waals surface area contributed by atoms with E-state index in [4.69, 9.17) is 14.7 Å². The van der Waals surface area contributed by atoms with Crippen molar-refractivity contribution in [1.82, 2.24) is 14.5 Å². The largest absolute Gasteiger partial charge is 0.381 e. The Morgan fingerprint density at radius 3 is 2.51 bits per heavy atom. The molecule has 0 N–H and O–H groups in total. The Labute approximate surface area is 213 Å².